The maximum atomic E-state index is 11.0. The van der Waals surface area contributed by atoms with E-state index < -0.39 is 6.09 Å². The first kappa shape index (κ1) is 12.0. The van der Waals surface area contributed by atoms with Crippen LogP contribution in [0.15, 0.2) is 30.6 Å². The summed E-state index contributed by atoms with van der Waals surface area (Å²) in [6.45, 7) is 2.49. The third-order valence-electron chi connectivity index (χ3n) is 3.47. The van der Waals surface area contributed by atoms with Crippen molar-refractivity contribution in [3.05, 3.63) is 30.6 Å². The quantitative estimate of drug-likeness (QED) is 0.844. The lowest BCUT2D eigenvalue weighted by Crippen LogP contribution is -2.53. The van der Waals surface area contributed by atoms with E-state index in [0.717, 1.165) is 17.6 Å². The van der Waals surface area contributed by atoms with Gasteiger partial charge in [-0.3, -0.25) is 0 Å². The van der Waals surface area contributed by atoms with Crippen LogP contribution in [0.4, 0.5) is 4.79 Å². The Morgan fingerprint density at radius 2 is 2.32 bits per heavy atom. The molecule has 1 aliphatic rings. The summed E-state index contributed by atoms with van der Waals surface area (Å²) in [6.07, 6.45) is 0.966. The summed E-state index contributed by atoms with van der Waals surface area (Å²) in [5, 5.41) is 12.4. The summed E-state index contributed by atoms with van der Waals surface area (Å²) in [7, 11) is 0. The number of rotatable bonds is 2. The van der Waals surface area contributed by atoms with Crippen LogP contribution in [0.25, 0.3) is 11.0 Å². The molecule has 2 N–H and O–H groups in total. The minimum Gasteiger partial charge on any atom is -0.465 e. The Bertz CT molecular complexity index is 595. The number of carbonyl (C=O) groups is 1. The third-order valence-corrected chi connectivity index (χ3v) is 3.47. The van der Waals surface area contributed by atoms with Crippen LogP contribution in [0.3, 0.4) is 0 Å². The van der Waals surface area contributed by atoms with Crippen LogP contribution in [0, 0.1) is 0 Å². The van der Waals surface area contributed by atoms with Gasteiger partial charge in [0.05, 0.1) is 17.4 Å². The second-order valence-electron chi connectivity index (χ2n) is 4.77. The van der Waals surface area contributed by atoms with Gasteiger partial charge in [-0.1, -0.05) is 12.1 Å². The van der Waals surface area contributed by atoms with Gasteiger partial charge in [0.25, 0.3) is 0 Å². The van der Waals surface area contributed by atoms with Crippen molar-refractivity contribution in [1.29, 1.82) is 0 Å². The van der Waals surface area contributed by atoms with Gasteiger partial charge in [-0.05, 0) is 12.1 Å². The highest BCUT2D eigenvalue weighted by Gasteiger charge is 2.23. The Labute approximate surface area is 110 Å². The van der Waals surface area contributed by atoms with E-state index in [4.69, 9.17) is 5.11 Å². The molecule has 1 saturated heterocycles. The number of hydrogen-bond acceptors (Lipinski definition) is 3. The van der Waals surface area contributed by atoms with E-state index in [-0.39, 0.29) is 6.04 Å². The van der Waals surface area contributed by atoms with Gasteiger partial charge in [0, 0.05) is 32.2 Å². The zero-order valence-electron chi connectivity index (χ0n) is 10.5. The van der Waals surface area contributed by atoms with Crippen molar-refractivity contribution in [2.24, 2.45) is 0 Å². The van der Waals surface area contributed by atoms with E-state index in [1.165, 1.54) is 4.90 Å². The minimum atomic E-state index is -0.845. The number of fused-ring (bicyclic) bond motifs is 1. The van der Waals surface area contributed by atoms with Gasteiger partial charge in [0.1, 0.15) is 0 Å². The van der Waals surface area contributed by atoms with E-state index in [1.807, 2.05) is 30.6 Å². The molecular formula is C13H16N4O2. The maximum Gasteiger partial charge on any atom is 0.407 e. The fourth-order valence-corrected chi connectivity index (χ4v) is 2.51. The summed E-state index contributed by atoms with van der Waals surface area (Å²) in [5.74, 6) is 0. The van der Waals surface area contributed by atoms with Gasteiger partial charge in [0.2, 0.25) is 0 Å². The summed E-state index contributed by atoms with van der Waals surface area (Å²) in [5.41, 5.74) is 2.05. The van der Waals surface area contributed by atoms with E-state index in [2.05, 4.69) is 14.9 Å². The smallest absolute Gasteiger partial charge is 0.407 e. The van der Waals surface area contributed by atoms with Crippen LogP contribution in [0.1, 0.15) is 0 Å². The van der Waals surface area contributed by atoms with Crippen molar-refractivity contribution in [3.8, 4) is 0 Å². The summed E-state index contributed by atoms with van der Waals surface area (Å²) in [4.78, 5) is 16.8. The lowest BCUT2D eigenvalue weighted by atomic mass is 10.2. The third kappa shape index (κ3) is 2.39. The van der Waals surface area contributed by atoms with Crippen molar-refractivity contribution >= 4 is 17.1 Å². The second kappa shape index (κ2) is 4.89. The van der Waals surface area contributed by atoms with Crippen LogP contribution in [-0.2, 0) is 6.54 Å². The summed E-state index contributed by atoms with van der Waals surface area (Å²) < 4.78 is 2.07. The van der Waals surface area contributed by atoms with Crippen molar-refractivity contribution < 1.29 is 9.90 Å². The van der Waals surface area contributed by atoms with Crippen molar-refractivity contribution in [2.75, 3.05) is 19.6 Å². The first-order valence-electron chi connectivity index (χ1n) is 6.35. The Morgan fingerprint density at radius 1 is 1.47 bits per heavy atom. The number of aromatic nitrogens is 2. The largest absolute Gasteiger partial charge is 0.465 e. The molecule has 1 atom stereocenters. The number of carboxylic acid groups (broad SMARTS) is 1. The molecule has 0 bridgehead atoms. The average Bonchev–Trinajstić information content (AvgIpc) is 2.83. The Balaban J connectivity index is 1.76. The highest BCUT2D eigenvalue weighted by atomic mass is 16.4. The number of amides is 1. The zero-order valence-corrected chi connectivity index (χ0v) is 10.5. The maximum absolute atomic E-state index is 11.0. The highest BCUT2D eigenvalue weighted by Crippen LogP contribution is 2.13. The molecule has 0 saturated carbocycles. The zero-order chi connectivity index (χ0) is 13.2. The fourth-order valence-electron chi connectivity index (χ4n) is 2.51. The van der Waals surface area contributed by atoms with Gasteiger partial charge in [0.15, 0.2) is 0 Å². The van der Waals surface area contributed by atoms with Gasteiger partial charge >= 0.3 is 6.09 Å². The van der Waals surface area contributed by atoms with Crippen molar-refractivity contribution in [1.82, 2.24) is 19.8 Å². The molecule has 3 rings (SSSR count). The van der Waals surface area contributed by atoms with Crippen molar-refractivity contribution in [3.63, 3.8) is 0 Å². The molecule has 0 aliphatic carbocycles. The predicted molar refractivity (Wildman–Crippen MR) is 71.1 cm³/mol. The predicted octanol–water partition coefficient (Wildman–Crippen LogP) is 0.988. The number of para-hydroxylation sites is 2. The van der Waals surface area contributed by atoms with Gasteiger partial charge < -0.3 is 19.9 Å². The molecule has 1 aromatic heterocycles. The van der Waals surface area contributed by atoms with E-state index in [9.17, 15) is 4.79 Å². The molecule has 0 spiro atoms. The number of nitrogens with one attached hydrogen (secondary N) is 1. The Kier molecular flexibility index (Phi) is 3.08. The fraction of sp³-hybridized carbons (Fsp3) is 0.385. The first-order chi connectivity index (χ1) is 9.24. The number of imidazole rings is 1. The molecule has 1 aromatic carbocycles. The topological polar surface area (TPSA) is 70.4 Å². The van der Waals surface area contributed by atoms with E-state index >= 15 is 0 Å². The van der Waals surface area contributed by atoms with Gasteiger partial charge in [-0.25, -0.2) is 9.78 Å². The van der Waals surface area contributed by atoms with Crippen LogP contribution in [-0.4, -0.2) is 51.3 Å². The molecular weight excluding hydrogens is 244 g/mol. The molecule has 1 aliphatic heterocycles. The number of piperazine rings is 1. The van der Waals surface area contributed by atoms with Crippen LogP contribution in [0.2, 0.25) is 0 Å². The summed E-state index contributed by atoms with van der Waals surface area (Å²) >= 11 is 0. The van der Waals surface area contributed by atoms with Crippen molar-refractivity contribution in [2.45, 2.75) is 12.6 Å². The van der Waals surface area contributed by atoms with E-state index in [0.29, 0.717) is 19.6 Å². The molecule has 0 radical (unpaired) electrons. The molecule has 1 fully saturated rings. The van der Waals surface area contributed by atoms with Crippen LogP contribution >= 0.6 is 0 Å². The minimum absolute atomic E-state index is 0.127. The molecule has 19 heavy (non-hydrogen) atoms. The number of benzene rings is 1. The molecule has 100 valence electrons. The molecule has 1 amide bonds. The lowest BCUT2D eigenvalue weighted by Gasteiger charge is -2.32. The summed E-state index contributed by atoms with van der Waals surface area (Å²) in [6, 6.07) is 8.08. The molecule has 6 heteroatoms. The standard InChI is InChI=1S/C13H16N4O2/c18-13(19)16-6-5-14-10(7-16)8-17-9-15-11-3-1-2-4-12(11)17/h1-4,9-10,14H,5-8H2,(H,18,19)/t10-/m0/s1. The van der Waals surface area contributed by atoms with E-state index in [1.54, 1.807) is 0 Å². The van der Waals surface area contributed by atoms with Gasteiger partial charge in [-0.15, -0.1) is 0 Å². The van der Waals surface area contributed by atoms with Crippen LogP contribution < -0.4 is 5.32 Å². The first-order valence-corrected chi connectivity index (χ1v) is 6.35. The molecule has 2 heterocycles. The number of hydrogen-bond donors (Lipinski definition) is 2. The molecule has 6 nitrogen and oxygen atoms in total. The molecule has 2 aromatic rings. The monoisotopic (exact) mass is 260 g/mol. The Hall–Kier alpha value is -2.08. The number of nitrogens with zero attached hydrogens (tertiary/aromatic N) is 3. The normalized spacial score (nSPS) is 19.8. The second-order valence-corrected chi connectivity index (χ2v) is 4.77. The lowest BCUT2D eigenvalue weighted by molar-refractivity contribution is 0.126. The SMILES string of the molecule is O=C(O)N1CCN[C@H](Cn2cnc3ccccc32)C1. The van der Waals surface area contributed by atoms with Crippen LogP contribution in [0.5, 0.6) is 0 Å². The van der Waals surface area contributed by atoms with Gasteiger partial charge in [-0.2, -0.15) is 0 Å². The molecule has 0 unspecified atom stereocenters. The Morgan fingerprint density at radius 3 is 3.16 bits per heavy atom. The highest BCUT2D eigenvalue weighted by molar-refractivity contribution is 5.74. The average molecular weight is 260 g/mol.